The molecule has 110 valence electrons. The highest BCUT2D eigenvalue weighted by atomic mass is 16.1. The van der Waals surface area contributed by atoms with Crippen molar-refractivity contribution in [2.75, 3.05) is 0 Å². The van der Waals surface area contributed by atoms with Crippen molar-refractivity contribution >= 4 is 17.8 Å². The van der Waals surface area contributed by atoms with Crippen LogP contribution in [-0.4, -0.2) is 18.2 Å². The second-order valence-electron chi connectivity index (χ2n) is 5.56. The van der Waals surface area contributed by atoms with Gasteiger partial charge in [0, 0.05) is 0 Å². The van der Waals surface area contributed by atoms with Crippen molar-refractivity contribution in [3.05, 3.63) is 29.3 Å². The maximum absolute atomic E-state index is 10.5. The van der Waals surface area contributed by atoms with Crippen LogP contribution < -0.4 is 0 Å². The summed E-state index contributed by atoms with van der Waals surface area (Å²) in [5.41, 5.74) is 2.89. The smallest absolute Gasteiger partial charge is 0.211 e. The lowest BCUT2D eigenvalue weighted by atomic mass is 9.81. The summed E-state index contributed by atoms with van der Waals surface area (Å²) in [6, 6.07) is 6.14. The lowest BCUT2D eigenvalue weighted by molar-refractivity contribution is 0.307. The maximum atomic E-state index is 10.5. The highest BCUT2D eigenvalue weighted by Gasteiger charge is 2.25. The van der Waals surface area contributed by atoms with E-state index in [0.717, 1.165) is 43.2 Å². The summed E-state index contributed by atoms with van der Waals surface area (Å²) in [4.78, 5) is 28.8. The van der Waals surface area contributed by atoms with Gasteiger partial charge >= 0.3 is 0 Å². The number of rotatable bonds is 5. The summed E-state index contributed by atoms with van der Waals surface area (Å²) in [6.45, 7) is 2.04. The number of aliphatic imine (C=N–C) groups is 2. The molecule has 1 aromatic rings. The molecule has 0 radical (unpaired) electrons. The van der Waals surface area contributed by atoms with Gasteiger partial charge in [0.05, 0.1) is 11.7 Å². The van der Waals surface area contributed by atoms with Gasteiger partial charge in [-0.2, -0.15) is 4.99 Å². The Morgan fingerprint density at radius 1 is 1.19 bits per heavy atom. The van der Waals surface area contributed by atoms with Crippen LogP contribution in [0, 0.1) is 5.92 Å². The average Bonchev–Trinajstić information content (AvgIpc) is 2.50. The highest BCUT2D eigenvalue weighted by molar-refractivity contribution is 5.55. The quantitative estimate of drug-likeness (QED) is 0.612. The van der Waals surface area contributed by atoms with Crippen molar-refractivity contribution in [3.63, 3.8) is 0 Å². The Hall–Kier alpha value is -2.02. The molecule has 1 aliphatic carbocycles. The van der Waals surface area contributed by atoms with Crippen molar-refractivity contribution in [3.8, 4) is 0 Å². The number of isocyanates is 2. The van der Waals surface area contributed by atoms with E-state index in [-0.39, 0.29) is 6.04 Å². The molecule has 0 heterocycles. The minimum atomic E-state index is 0.0834. The van der Waals surface area contributed by atoms with E-state index in [1.54, 1.807) is 12.2 Å². The molecular formula is C17H20N2O2. The van der Waals surface area contributed by atoms with Crippen LogP contribution in [0.15, 0.2) is 28.2 Å². The highest BCUT2D eigenvalue weighted by Crippen LogP contribution is 2.31. The molecule has 2 atom stereocenters. The number of carbonyl (C=O) groups excluding carboxylic acids is 2. The molecule has 1 aliphatic rings. The fourth-order valence-electron chi connectivity index (χ4n) is 3.16. The fourth-order valence-corrected chi connectivity index (χ4v) is 3.16. The third-order valence-electron chi connectivity index (χ3n) is 4.28. The molecule has 2 unspecified atom stereocenters. The number of aryl methyl sites for hydroxylation is 1. The van der Waals surface area contributed by atoms with Crippen LogP contribution in [0.25, 0.3) is 0 Å². The van der Waals surface area contributed by atoms with Crippen LogP contribution in [0.2, 0.25) is 0 Å². The predicted molar refractivity (Wildman–Crippen MR) is 81.2 cm³/mol. The van der Waals surface area contributed by atoms with Gasteiger partial charge < -0.3 is 0 Å². The maximum Gasteiger partial charge on any atom is 0.240 e. The van der Waals surface area contributed by atoms with E-state index in [2.05, 4.69) is 16.1 Å². The second-order valence-corrected chi connectivity index (χ2v) is 5.56. The van der Waals surface area contributed by atoms with E-state index in [1.807, 2.05) is 19.1 Å². The topological polar surface area (TPSA) is 58.9 Å². The Labute approximate surface area is 125 Å². The average molecular weight is 284 g/mol. The zero-order valence-electron chi connectivity index (χ0n) is 12.3. The first-order chi connectivity index (χ1) is 10.3. The standard InChI is InChI=1S/C17H20N2O2/c1-2-14-8-7-13(10-17(14)19-12-21)9-15-5-3-4-6-16(15)18-11-20/h7-8,10,15-16H,2-6,9H2,1H3. The van der Waals surface area contributed by atoms with Crippen molar-refractivity contribution in [1.29, 1.82) is 0 Å². The summed E-state index contributed by atoms with van der Waals surface area (Å²) in [5.74, 6) is 0.376. The van der Waals surface area contributed by atoms with Crippen LogP contribution >= 0.6 is 0 Å². The van der Waals surface area contributed by atoms with Gasteiger partial charge in [0.2, 0.25) is 12.2 Å². The molecule has 0 N–H and O–H groups in total. The Kier molecular flexibility index (Phi) is 5.62. The zero-order valence-corrected chi connectivity index (χ0v) is 12.3. The minimum absolute atomic E-state index is 0.0834. The Bertz CT molecular complexity index is 584. The lowest BCUT2D eigenvalue weighted by Gasteiger charge is -2.27. The van der Waals surface area contributed by atoms with Crippen LogP contribution in [0.3, 0.4) is 0 Å². The Morgan fingerprint density at radius 3 is 2.71 bits per heavy atom. The molecule has 0 saturated heterocycles. The first-order valence-corrected chi connectivity index (χ1v) is 7.55. The molecule has 1 aromatic carbocycles. The summed E-state index contributed by atoms with van der Waals surface area (Å²) in [6.07, 6.45) is 9.38. The van der Waals surface area contributed by atoms with Crippen LogP contribution in [0.5, 0.6) is 0 Å². The molecular weight excluding hydrogens is 264 g/mol. The van der Waals surface area contributed by atoms with E-state index >= 15 is 0 Å². The van der Waals surface area contributed by atoms with Crippen molar-refractivity contribution < 1.29 is 9.59 Å². The van der Waals surface area contributed by atoms with E-state index in [0.29, 0.717) is 11.6 Å². The monoisotopic (exact) mass is 284 g/mol. The van der Waals surface area contributed by atoms with Crippen molar-refractivity contribution in [2.24, 2.45) is 15.9 Å². The largest absolute Gasteiger partial charge is 0.240 e. The molecule has 0 spiro atoms. The predicted octanol–water partition coefficient (Wildman–Crippen LogP) is 3.65. The zero-order chi connectivity index (χ0) is 15.1. The summed E-state index contributed by atoms with van der Waals surface area (Å²) >= 11 is 0. The van der Waals surface area contributed by atoms with Crippen LogP contribution in [0.1, 0.15) is 43.7 Å². The van der Waals surface area contributed by atoms with E-state index in [4.69, 9.17) is 0 Å². The molecule has 4 nitrogen and oxygen atoms in total. The fraction of sp³-hybridized carbons (Fsp3) is 0.529. The molecule has 0 bridgehead atoms. The first kappa shape index (κ1) is 15.4. The van der Waals surface area contributed by atoms with Gasteiger partial charge in [-0.1, -0.05) is 31.9 Å². The normalized spacial score (nSPS) is 21.2. The molecule has 21 heavy (non-hydrogen) atoms. The second kappa shape index (κ2) is 7.68. The molecule has 0 aliphatic heterocycles. The molecule has 1 fully saturated rings. The molecule has 4 heteroatoms. The van der Waals surface area contributed by atoms with Gasteiger partial charge in [0.15, 0.2) is 0 Å². The van der Waals surface area contributed by atoms with Gasteiger partial charge in [-0.3, -0.25) is 0 Å². The number of nitrogens with zero attached hydrogens (tertiary/aromatic N) is 2. The van der Waals surface area contributed by atoms with E-state index < -0.39 is 0 Å². The Balaban J connectivity index is 2.19. The van der Waals surface area contributed by atoms with Crippen LogP contribution in [0.4, 0.5) is 5.69 Å². The van der Waals surface area contributed by atoms with Crippen molar-refractivity contribution in [2.45, 2.75) is 51.5 Å². The summed E-state index contributed by atoms with van der Waals surface area (Å²) in [7, 11) is 0. The van der Waals surface area contributed by atoms with Crippen molar-refractivity contribution in [1.82, 2.24) is 0 Å². The molecule has 0 amide bonds. The van der Waals surface area contributed by atoms with Gasteiger partial charge in [0.1, 0.15) is 0 Å². The first-order valence-electron chi connectivity index (χ1n) is 7.55. The van der Waals surface area contributed by atoms with E-state index in [1.165, 1.54) is 6.42 Å². The Morgan fingerprint density at radius 2 is 2.00 bits per heavy atom. The number of hydrogen-bond donors (Lipinski definition) is 0. The summed E-state index contributed by atoms with van der Waals surface area (Å²) in [5, 5.41) is 0. The third-order valence-corrected chi connectivity index (χ3v) is 4.28. The van der Waals surface area contributed by atoms with Gasteiger partial charge in [-0.05, 0) is 48.8 Å². The molecule has 1 saturated carbocycles. The van der Waals surface area contributed by atoms with Gasteiger partial charge in [-0.15, -0.1) is 0 Å². The third kappa shape index (κ3) is 3.98. The molecule has 0 aromatic heterocycles. The van der Waals surface area contributed by atoms with E-state index in [9.17, 15) is 9.59 Å². The number of hydrogen-bond acceptors (Lipinski definition) is 4. The SMILES string of the molecule is CCc1ccc(CC2CCCCC2N=C=O)cc1N=C=O. The minimum Gasteiger partial charge on any atom is -0.211 e. The lowest BCUT2D eigenvalue weighted by Crippen LogP contribution is -2.24. The van der Waals surface area contributed by atoms with Gasteiger partial charge in [0.25, 0.3) is 0 Å². The summed E-state index contributed by atoms with van der Waals surface area (Å²) < 4.78 is 0. The van der Waals surface area contributed by atoms with Crippen LogP contribution in [-0.2, 0) is 22.4 Å². The molecule has 2 rings (SSSR count). The van der Waals surface area contributed by atoms with Gasteiger partial charge in [-0.25, -0.2) is 14.6 Å². The number of benzene rings is 1.